The summed E-state index contributed by atoms with van der Waals surface area (Å²) in [6.45, 7) is 2.48. The molecule has 0 aliphatic rings. The highest BCUT2D eigenvalue weighted by atomic mass is 79.9. The van der Waals surface area contributed by atoms with Gasteiger partial charge >= 0.3 is 0 Å². The largest absolute Gasteiger partial charge is 0.336 e. The molecule has 0 saturated carbocycles. The van der Waals surface area contributed by atoms with Gasteiger partial charge in [0, 0.05) is 23.3 Å². The first kappa shape index (κ1) is 13.7. The highest BCUT2D eigenvalue weighted by Gasteiger charge is 2.13. The molecule has 0 unspecified atom stereocenters. The first-order chi connectivity index (χ1) is 9.08. The lowest BCUT2D eigenvalue weighted by atomic mass is 10.1. The minimum absolute atomic E-state index is 0.00116. The van der Waals surface area contributed by atoms with Gasteiger partial charge in [-0.1, -0.05) is 22.0 Å². The van der Waals surface area contributed by atoms with Crippen LogP contribution in [-0.4, -0.2) is 22.8 Å². The average molecular weight is 319 g/mol. The molecule has 1 aromatic heterocycles. The molecular weight excluding hydrogens is 304 g/mol. The Hall–Kier alpha value is -1.68. The predicted molar refractivity (Wildman–Crippen MR) is 78.9 cm³/mol. The topological polar surface area (TPSA) is 33.2 Å². The van der Waals surface area contributed by atoms with Crippen molar-refractivity contribution in [1.29, 1.82) is 0 Å². The molecule has 0 radical (unpaired) electrons. The van der Waals surface area contributed by atoms with Crippen molar-refractivity contribution in [1.82, 2.24) is 9.88 Å². The van der Waals surface area contributed by atoms with Gasteiger partial charge in [-0.25, -0.2) is 0 Å². The van der Waals surface area contributed by atoms with Crippen molar-refractivity contribution < 1.29 is 4.79 Å². The van der Waals surface area contributed by atoms with E-state index >= 15 is 0 Å². The average Bonchev–Trinajstić information content (AvgIpc) is 2.42. The number of nitrogens with zero attached hydrogens (tertiary/aromatic N) is 2. The summed E-state index contributed by atoms with van der Waals surface area (Å²) >= 11 is 3.43. The van der Waals surface area contributed by atoms with Crippen molar-refractivity contribution in [3.8, 4) is 0 Å². The van der Waals surface area contributed by atoms with Crippen LogP contribution in [0, 0.1) is 6.92 Å². The Kier molecular flexibility index (Phi) is 4.32. The number of halogens is 1. The molecule has 0 saturated heterocycles. The molecule has 0 spiro atoms. The second-order valence-electron chi connectivity index (χ2n) is 4.45. The lowest BCUT2D eigenvalue weighted by molar-refractivity contribution is 0.0783. The smallest absolute Gasteiger partial charge is 0.253 e. The summed E-state index contributed by atoms with van der Waals surface area (Å²) < 4.78 is 1.01. The van der Waals surface area contributed by atoms with Crippen LogP contribution in [0.15, 0.2) is 47.1 Å². The van der Waals surface area contributed by atoms with Gasteiger partial charge in [-0.3, -0.25) is 9.78 Å². The minimum Gasteiger partial charge on any atom is -0.336 e. The van der Waals surface area contributed by atoms with E-state index in [1.165, 1.54) is 0 Å². The van der Waals surface area contributed by atoms with E-state index in [9.17, 15) is 4.79 Å². The van der Waals surface area contributed by atoms with Gasteiger partial charge in [0.05, 0.1) is 12.2 Å². The van der Waals surface area contributed by atoms with Crippen molar-refractivity contribution in [2.45, 2.75) is 13.5 Å². The maximum absolute atomic E-state index is 12.3. The van der Waals surface area contributed by atoms with Crippen LogP contribution in [0.3, 0.4) is 0 Å². The van der Waals surface area contributed by atoms with Crippen LogP contribution in [0.4, 0.5) is 0 Å². The summed E-state index contributed by atoms with van der Waals surface area (Å²) in [7, 11) is 1.79. The number of rotatable bonds is 3. The number of carbonyl (C=O) groups excluding carboxylic acids is 1. The number of aromatic nitrogens is 1. The molecule has 0 N–H and O–H groups in total. The molecule has 0 aliphatic heterocycles. The van der Waals surface area contributed by atoms with E-state index in [1.807, 2.05) is 43.3 Å². The maximum atomic E-state index is 12.3. The SMILES string of the molecule is Cc1cc(C(=O)N(C)Cc2ccccn2)ccc1Br. The highest BCUT2D eigenvalue weighted by Crippen LogP contribution is 2.18. The molecule has 4 heteroatoms. The Bertz CT molecular complexity index is 584. The highest BCUT2D eigenvalue weighted by molar-refractivity contribution is 9.10. The van der Waals surface area contributed by atoms with E-state index in [1.54, 1.807) is 18.1 Å². The first-order valence-electron chi connectivity index (χ1n) is 5.99. The summed E-state index contributed by atoms with van der Waals surface area (Å²) in [5.41, 5.74) is 2.63. The fraction of sp³-hybridized carbons (Fsp3) is 0.200. The fourth-order valence-electron chi connectivity index (χ4n) is 1.80. The van der Waals surface area contributed by atoms with Crippen LogP contribution in [0.25, 0.3) is 0 Å². The molecule has 19 heavy (non-hydrogen) atoms. The second kappa shape index (κ2) is 5.97. The monoisotopic (exact) mass is 318 g/mol. The van der Waals surface area contributed by atoms with Crippen LogP contribution >= 0.6 is 15.9 Å². The van der Waals surface area contributed by atoms with Crippen LogP contribution in [0.5, 0.6) is 0 Å². The number of hydrogen-bond donors (Lipinski definition) is 0. The van der Waals surface area contributed by atoms with Crippen molar-refractivity contribution in [2.24, 2.45) is 0 Å². The molecule has 0 bridgehead atoms. The maximum Gasteiger partial charge on any atom is 0.253 e. The van der Waals surface area contributed by atoms with Gasteiger partial charge in [-0.05, 0) is 42.8 Å². The van der Waals surface area contributed by atoms with Gasteiger partial charge in [0.1, 0.15) is 0 Å². The molecule has 2 rings (SSSR count). The summed E-state index contributed by atoms with van der Waals surface area (Å²) in [6.07, 6.45) is 1.73. The van der Waals surface area contributed by atoms with Gasteiger partial charge in [0.2, 0.25) is 0 Å². The van der Waals surface area contributed by atoms with Crippen LogP contribution < -0.4 is 0 Å². The van der Waals surface area contributed by atoms with E-state index in [0.29, 0.717) is 12.1 Å². The zero-order valence-electron chi connectivity index (χ0n) is 10.9. The standard InChI is InChI=1S/C15H15BrN2O/c1-11-9-12(6-7-14(11)16)15(19)18(2)10-13-5-3-4-8-17-13/h3-9H,10H2,1-2H3. The van der Waals surface area contributed by atoms with Gasteiger partial charge in [-0.15, -0.1) is 0 Å². The summed E-state index contributed by atoms with van der Waals surface area (Å²) in [5, 5.41) is 0. The summed E-state index contributed by atoms with van der Waals surface area (Å²) in [6, 6.07) is 11.3. The molecule has 1 aromatic carbocycles. The molecule has 3 nitrogen and oxygen atoms in total. The van der Waals surface area contributed by atoms with Gasteiger partial charge in [0.25, 0.3) is 5.91 Å². The molecule has 0 atom stereocenters. The molecule has 1 amide bonds. The van der Waals surface area contributed by atoms with Crippen LogP contribution in [0.1, 0.15) is 21.6 Å². The van der Waals surface area contributed by atoms with E-state index < -0.39 is 0 Å². The lowest BCUT2D eigenvalue weighted by Gasteiger charge is -2.17. The summed E-state index contributed by atoms with van der Waals surface area (Å²) in [5.74, 6) is 0.00116. The van der Waals surface area contributed by atoms with E-state index in [-0.39, 0.29) is 5.91 Å². The number of pyridine rings is 1. The van der Waals surface area contributed by atoms with Crippen molar-refractivity contribution in [2.75, 3.05) is 7.05 Å². The fourth-order valence-corrected chi connectivity index (χ4v) is 2.05. The molecule has 1 heterocycles. The quantitative estimate of drug-likeness (QED) is 0.868. The second-order valence-corrected chi connectivity index (χ2v) is 5.30. The number of hydrogen-bond acceptors (Lipinski definition) is 2. The van der Waals surface area contributed by atoms with Crippen molar-refractivity contribution in [3.63, 3.8) is 0 Å². The Morgan fingerprint density at radius 2 is 2.11 bits per heavy atom. The third-order valence-corrected chi connectivity index (χ3v) is 3.77. The van der Waals surface area contributed by atoms with E-state index in [4.69, 9.17) is 0 Å². The normalized spacial score (nSPS) is 10.3. The summed E-state index contributed by atoms with van der Waals surface area (Å²) in [4.78, 5) is 18.2. The van der Waals surface area contributed by atoms with Crippen molar-refractivity contribution >= 4 is 21.8 Å². The zero-order valence-corrected chi connectivity index (χ0v) is 12.5. The number of aryl methyl sites for hydroxylation is 1. The molecule has 98 valence electrons. The molecule has 0 aliphatic carbocycles. The number of carbonyl (C=O) groups is 1. The zero-order chi connectivity index (χ0) is 13.8. The third kappa shape index (κ3) is 3.41. The Morgan fingerprint density at radius 1 is 1.32 bits per heavy atom. The third-order valence-electron chi connectivity index (χ3n) is 2.88. The minimum atomic E-state index is 0.00116. The predicted octanol–water partition coefficient (Wildman–Crippen LogP) is 3.42. The molecule has 0 fully saturated rings. The number of amides is 1. The molecule has 2 aromatic rings. The Labute approximate surface area is 121 Å². The lowest BCUT2D eigenvalue weighted by Crippen LogP contribution is -2.26. The Morgan fingerprint density at radius 3 is 2.74 bits per heavy atom. The van der Waals surface area contributed by atoms with Crippen LogP contribution in [0.2, 0.25) is 0 Å². The first-order valence-corrected chi connectivity index (χ1v) is 6.79. The van der Waals surface area contributed by atoms with Crippen molar-refractivity contribution in [3.05, 3.63) is 63.9 Å². The van der Waals surface area contributed by atoms with E-state index in [0.717, 1.165) is 15.7 Å². The van der Waals surface area contributed by atoms with Crippen LogP contribution in [-0.2, 0) is 6.54 Å². The number of benzene rings is 1. The Balaban J connectivity index is 2.12. The molecular formula is C15H15BrN2O. The van der Waals surface area contributed by atoms with E-state index in [2.05, 4.69) is 20.9 Å². The van der Waals surface area contributed by atoms with Gasteiger partial charge < -0.3 is 4.90 Å². The van der Waals surface area contributed by atoms with Gasteiger partial charge in [0.15, 0.2) is 0 Å². The van der Waals surface area contributed by atoms with Gasteiger partial charge in [-0.2, -0.15) is 0 Å².